The van der Waals surface area contributed by atoms with E-state index < -0.39 is 0 Å². The number of benzene rings is 1. The number of nitrogens with one attached hydrogen (secondary N) is 1. The van der Waals surface area contributed by atoms with Crippen LogP contribution < -0.4 is 10.1 Å². The van der Waals surface area contributed by atoms with Gasteiger partial charge in [-0.1, -0.05) is 18.2 Å². The van der Waals surface area contributed by atoms with Crippen LogP contribution in [0.25, 0.3) is 0 Å². The second kappa shape index (κ2) is 7.87. The van der Waals surface area contributed by atoms with Gasteiger partial charge in [-0.3, -0.25) is 9.69 Å². The molecule has 0 aliphatic carbocycles. The van der Waals surface area contributed by atoms with Crippen LogP contribution in [0.2, 0.25) is 0 Å². The van der Waals surface area contributed by atoms with Crippen molar-refractivity contribution in [2.75, 3.05) is 52.9 Å². The second-order valence-electron chi connectivity index (χ2n) is 5.00. The maximum atomic E-state index is 12.1. The molecule has 1 aliphatic rings. The summed E-state index contributed by atoms with van der Waals surface area (Å²) in [6.45, 7) is 5.46. The van der Waals surface area contributed by atoms with Crippen molar-refractivity contribution >= 4 is 5.91 Å². The molecule has 0 bridgehead atoms. The molecule has 20 heavy (non-hydrogen) atoms. The Bertz CT molecular complexity index is 405. The molecule has 1 aliphatic heterocycles. The second-order valence-corrected chi connectivity index (χ2v) is 5.00. The molecule has 5 heteroatoms. The molecule has 0 aromatic heterocycles. The number of para-hydroxylation sites is 1. The Hall–Kier alpha value is -1.59. The van der Waals surface area contributed by atoms with Crippen molar-refractivity contribution in [2.45, 2.75) is 0 Å². The van der Waals surface area contributed by atoms with E-state index in [1.54, 1.807) is 4.90 Å². The number of piperazine rings is 1. The molecule has 0 spiro atoms. The molecule has 2 rings (SSSR count). The zero-order valence-electron chi connectivity index (χ0n) is 12.0. The molecule has 1 amide bonds. The van der Waals surface area contributed by atoms with Crippen molar-refractivity contribution in [2.24, 2.45) is 0 Å². The van der Waals surface area contributed by atoms with E-state index in [2.05, 4.69) is 10.2 Å². The topological polar surface area (TPSA) is 44.8 Å². The lowest BCUT2D eigenvalue weighted by atomic mass is 10.3. The molecule has 1 saturated heterocycles. The van der Waals surface area contributed by atoms with Crippen LogP contribution in [0.4, 0.5) is 0 Å². The number of rotatable bonds is 6. The number of hydrogen-bond donors (Lipinski definition) is 1. The molecular formula is C15H23N3O2. The first-order chi connectivity index (χ1) is 9.75. The van der Waals surface area contributed by atoms with E-state index in [9.17, 15) is 4.79 Å². The number of carbonyl (C=O) groups is 1. The lowest BCUT2D eigenvalue weighted by Gasteiger charge is -2.28. The Labute approximate surface area is 120 Å². The van der Waals surface area contributed by atoms with Crippen LogP contribution in [0.1, 0.15) is 0 Å². The van der Waals surface area contributed by atoms with E-state index >= 15 is 0 Å². The molecule has 1 fully saturated rings. The number of likely N-dealkylation sites (N-methyl/N-ethyl adjacent to an activating group) is 1. The van der Waals surface area contributed by atoms with Crippen LogP contribution >= 0.6 is 0 Å². The van der Waals surface area contributed by atoms with Gasteiger partial charge in [0.2, 0.25) is 5.91 Å². The fourth-order valence-electron chi connectivity index (χ4n) is 2.12. The van der Waals surface area contributed by atoms with Gasteiger partial charge in [0, 0.05) is 33.2 Å². The number of nitrogens with zero attached hydrogens (tertiary/aromatic N) is 2. The van der Waals surface area contributed by atoms with Gasteiger partial charge in [-0.05, 0) is 12.1 Å². The summed E-state index contributed by atoms with van der Waals surface area (Å²) >= 11 is 0. The van der Waals surface area contributed by atoms with E-state index in [-0.39, 0.29) is 5.91 Å². The standard InChI is InChI=1S/C15H23N3O2/c1-17(11-12-20-14-5-3-2-4-6-14)15(19)13-18-9-7-16-8-10-18/h2-6,16H,7-13H2,1H3. The smallest absolute Gasteiger partial charge is 0.236 e. The quantitative estimate of drug-likeness (QED) is 0.819. The van der Waals surface area contributed by atoms with Gasteiger partial charge in [0.15, 0.2) is 0 Å². The first-order valence-corrected chi connectivity index (χ1v) is 7.10. The Morgan fingerprint density at radius 3 is 2.70 bits per heavy atom. The van der Waals surface area contributed by atoms with Gasteiger partial charge in [-0.2, -0.15) is 0 Å². The molecule has 1 aromatic rings. The summed E-state index contributed by atoms with van der Waals surface area (Å²) < 4.78 is 5.60. The minimum atomic E-state index is 0.156. The zero-order chi connectivity index (χ0) is 14.2. The molecule has 5 nitrogen and oxygen atoms in total. The van der Waals surface area contributed by atoms with E-state index in [4.69, 9.17) is 4.74 Å². The van der Waals surface area contributed by atoms with Gasteiger partial charge in [0.1, 0.15) is 12.4 Å². The van der Waals surface area contributed by atoms with Crippen molar-refractivity contribution in [1.29, 1.82) is 0 Å². The fourth-order valence-corrected chi connectivity index (χ4v) is 2.12. The van der Waals surface area contributed by atoms with Gasteiger partial charge in [0.25, 0.3) is 0 Å². The predicted molar refractivity (Wildman–Crippen MR) is 78.9 cm³/mol. The number of amides is 1. The minimum absolute atomic E-state index is 0.156. The fraction of sp³-hybridized carbons (Fsp3) is 0.533. The third-order valence-electron chi connectivity index (χ3n) is 3.43. The average Bonchev–Trinajstić information content (AvgIpc) is 2.49. The maximum Gasteiger partial charge on any atom is 0.236 e. The first kappa shape index (κ1) is 14.8. The number of ether oxygens (including phenoxy) is 1. The van der Waals surface area contributed by atoms with Gasteiger partial charge >= 0.3 is 0 Å². The highest BCUT2D eigenvalue weighted by molar-refractivity contribution is 5.78. The summed E-state index contributed by atoms with van der Waals surface area (Å²) in [7, 11) is 1.83. The van der Waals surface area contributed by atoms with Crippen LogP contribution in [-0.4, -0.2) is 68.6 Å². The maximum absolute atomic E-state index is 12.1. The monoisotopic (exact) mass is 277 g/mol. The predicted octanol–water partition coefficient (Wildman–Crippen LogP) is 0.429. The van der Waals surface area contributed by atoms with Gasteiger partial charge < -0.3 is 15.0 Å². The van der Waals surface area contributed by atoms with Crippen molar-refractivity contribution < 1.29 is 9.53 Å². The highest BCUT2D eigenvalue weighted by atomic mass is 16.5. The summed E-state index contributed by atoms with van der Waals surface area (Å²) in [5, 5.41) is 3.28. The number of hydrogen-bond acceptors (Lipinski definition) is 4. The third kappa shape index (κ3) is 4.83. The molecule has 110 valence electrons. The van der Waals surface area contributed by atoms with E-state index in [0.29, 0.717) is 19.7 Å². The van der Waals surface area contributed by atoms with Crippen LogP contribution in [0.3, 0.4) is 0 Å². The highest BCUT2D eigenvalue weighted by Crippen LogP contribution is 2.07. The molecular weight excluding hydrogens is 254 g/mol. The van der Waals surface area contributed by atoms with Crippen LogP contribution in [0.5, 0.6) is 5.75 Å². The minimum Gasteiger partial charge on any atom is -0.492 e. The molecule has 1 heterocycles. The largest absolute Gasteiger partial charge is 0.492 e. The molecule has 0 unspecified atom stereocenters. The van der Waals surface area contributed by atoms with Crippen LogP contribution in [-0.2, 0) is 4.79 Å². The molecule has 1 aromatic carbocycles. The lowest BCUT2D eigenvalue weighted by molar-refractivity contribution is -0.131. The summed E-state index contributed by atoms with van der Waals surface area (Å²) in [5.41, 5.74) is 0. The normalized spacial score (nSPS) is 15.8. The van der Waals surface area contributed by atoms with Gasteiger partial charge in [-0.25, -0.2) is 0 Å². The van der Waals surface area contributed by atoms with E-state index in [0.717, 1.165) is 31.9 Å². The SMILES string of the molecule is CN(CCOc1ccccc1)C(=O)CN1CCNCC1. The van der Waals surface area contributed by atoms with Crippen LogP contribution in [0, 0.1) is 0 Å². The summed E-state index contributed by atoms with van der Waals surface area (Å²) in [6, 6.07) is 9.67. The van der Waals surface area contributed by atoms with Crippen LogP contribution in [0.15, 0.2) is 30.3 Å². The lowest BCUT2D eigenvalue weighted by Crippen LogP contribution is -2.48. The molecule has 1 N–H and O–H groups in total. The molecule has 0 atom stereocenters. The summed E-state index contributed by atoms with van der Waals surface area (Å²) in [4.78, 5) is 16.0. The van der Waals surface area contributed by atoms with E-state index in [1.165, 1.54) is 0 Å². The zero-order valence-corrected chi connectivity index (χ0v) is 12.0. The van der Waals surface area contributed by atoms with Gasteiger partial charge in [-0.15, -0.1) is 0 Å². The van der Waals surface area contributed by atoms with Crippen molar-refractivity contribution in [1.82, 2.24) is 15.1 Å². The van der Waals surface area contributed by atoms with E-state index in [1.807, 2.05) is 37.4 Å². The summed E-state index contributed by atoms with van der Waals surface area (Å²) in [5.74, 6) is 0.999. The summed E-state index contributed by atoms with van der Waals surface area (Å²) in [6.07, 6.45) is 0. The van der Waals surface area contributed by atoms with Crippen molar-refractivity contribution in [3.8, 4) is 5.75 Å². The number of carbonyl (C=O) groups excluding carboxylic acids is 1. The van der Waals surface area contributed by atoms with Crippen molar-refractivity contribution in [3.05, 3.63) is 30.3 Å². The molecule has 0 radical (unpaired) electrons. The first-order valence-electron chi connectivity index (χ1n) is 7.10. The Kier molecular flexibility index (Phi) is 5.83. The average molecular weight is 277 g/mol. The van der Waals surface area contributed by atoms with Gasteiger partial charge in [0.05, 0.1) is 13.1 Å². The Morgan fingerprint density at radius 1 is 1.30 bits per heavy atom. The Balaban J connectivity index is 1.65. The molecule has 0 saturated carbocycles. The van der Waals surface area contributed by atoms with Crippen molar-refractivity contribution in [3.63, 3.8) is 0 Å². The highest BCUT2D eigenvalue weighted by Gasteiger charge is 2.16. The third-order valence-corrected chi connectivity index (χ3v) is 3.43. The Morgan fingerprint density at radius 2 is 2.00 bits per heavy atom.